The van der Waals surface area contributed by atoms with Gasteiger partial charge in [0, 0.05) is 18.2 Å². The fraction of sp³-hybridized carbons (Fsp3) is 0.188. The molecule has 1 amide bonds. The molecule has 3 rings (SSSR count). The topological polar surface area (TPSA) is 151 Å². The molecule has 0 bridgehead atoms. The van der Waals surface area contributed by atoms with Crippen LogP contribution >= 0.6 is 0 Å². The van der Waals surface area contributed by atoms with Crippen molar-refractivity contribution in [3.8, 4) is 17.2 Å². The Morgan fingerprint density at radius 1 is 1.17 bits per heavy atom. The van der Waals surface area contributed by atoms with Gasteiger partial charge < -0.3 is 14.6 Å². The minimum Gasteiger partial charge on any atom is -0.506 e. The number of amides is 1. The number of carbonyl (C=O) groups excluding carboxylic acids is 1. The van der Waals surface area contributed by atoms with Crippen molar-refractivity contribution in [2.45, 2.75) is 4.90 Å². The molecule has 2 aromatic carbocycles. The van der Waals surface area contributed by atoms with Crippen molar-refractivity contribution < 1.29 is 40.6 Å². The average molecular weight is 461 g/mol. The van der Waals surface area contributed by atoms with Gasteiger partial charge in [-0.3, -0.25) is 9.52 Å². The number of anilines is 2. The first-order chi connectivity index (χ1) is 14.0. The lowest BCUT2D eigenvalue weighted by Crippen LogP contribution is -2.30. The Hall–Kier alpha value is -3.26. The van der Waals surface area contributed by atoms with E-state index in [1.807, 2.05) is 0 Å². The number of phenols is 1. The predicted octanol–water partition coefficient (Wildman–Crippen LogP) is 0.530. The van der Waals surface area contributed by atoms with E-state index in [1.165, 1.54) is 32.4 Å². The third kappa shape index (κ3) is 3.91. The zero-order valence-electron chi connectivity index (χ0n) is 15.5. The van der Waals surface area contributed by atoms with Gasteiger partial charge in [0.2, 0.25) is 0 Å². The molecule has 1 heterocycles. The number of halogens is 1. The molecule has 30 heavy (non-hydrogen) atoms. The van der Waals surface area contributed by atoms with Gasteiger partial charge in [0.1, 0.15) is 18.0 Å². The van der Waals surface area contributed by atoms with E-state index in [0.29, 0.717) is 16.1 Å². The predicted molar refractivity (Wildman–Crippen MR) is 103 cm³/mol. The molecule has 1 aliphatic rings. The molecule has 0 atom stereocenters. The third-order valence-corrected chi connectivity index (χ3v) is 6.79. The number of aromatic hydroxyl groups is 1. The van der Waals surface area contributed by atoms with Crippen molar-refractivity contribution in [3.05, 3.63) is 36.1 Å². The highest BCUT2D eigenvalue weighted by Gasteiger charge is 2.37. The van der Waals surface area contributed by atoms with Gasteiger partial charge in [-0.2, -0.15) is 8.42 Å². The van der Waals surface area contributed by atoms with E-state index in [2.05, 4.69) is 4.72 Å². The zero-order valence-corrected chi connectivity index (χ0v) is 17.2. The number of hydrogen-bond donors (Lipinski definition) is 3. The molecule has 0 unspecified atom stereocenters. The summed E-state index contributed by atoms with van der Waals surface area (Å²) in [7, 11) is -5.90. The number of benzene rings is 2. The van der Waals surface area contributed by atoms with Crippen LogP contribution in [0.5, 0.6) is 17.2 Å². The highest BCUT2D eigenvalue weighted by molar-refractivity contribution is 7.92. The maximum atomic E-state index is 14.6. The van der Waals surface area contributed by atoms with Gasteiger partial charge in [-0.15, -0.1) is 0 Å². The summed E-state index contributed by atoms with van der Waals surface area (Å²) in [5.74, 6) is -2.63. The molecule has 1 saturated heterocycles. The average Bonchev–Trinajstić information content (AvgIpc) is 2.92. The van der Waals surface area contributed by atoms with Gasteiger partial charge in [0.25, 0.3) is 15.9 Å². The molecule has 0 saturated carbocycles. The molecule has 0 radical (unpaired) electrons. The van der Waals surface area contributed by atoms with Gasteiger partial charge in [0.15, 0.2) is 17.3 Å². The molecule has 0 spiro atoms. The van der Waals surface area contributed by atoms with Gasteiger partial charge in [-0.05, 0) is 12.1 Å². The lowest BCUT2D eigenvalue weighted by atomic mass is 10.2. The van der Waals surface area contributed by atoms with Gasteiger partial charge >= 0.3 is 10.2 Å². The molecule has 0 aliphatic carbocycles. The van der Waals surface area contributed by atoms with Crippen LogP contribution in [-0.2, 0) is 25.0 Å². The van der Waals surface area contributed by atoms with Crippen LogP contribution in [0, 0.1) is 5.82 Å². The van der Waals surface area contributed by atoms with Crippen molar-refractivity contribution in [2.75, 3.05) is 29.8 Å². The van der Waals surface area contributed by atoms with E-state index in [9.17, 15) is 31.1 Å². The van der Waals surface area contributed by atoms with Crippen LogP contribution in [0.1, 0.15) is 0 Å². The second-order valence-corrected chi connectivity index (χ2v) is 9.26. The molecule has 162 valence electrons. The van der Waals surface area contributed by atoms with Crippen LogP contribution in [0.25, 0.3) is 0 Å². The number of hydrogen-bond acceptors (Lipinski definition) is 8. The third-order valence-electron chi connectivity index (χ3n) is 4.03. The van der Waals surface area contributed by atoms with Crippen LogP contribution < -0.4 is 23.2 Å². The summed E-state index contributed by atoms with van der Waals surface area (Å²) < 4.78 is 77.6. The van der Waals surface area contributed by atoms with E-state index in [-0.39, 0.29) is 16.3 Å². The molecule has 2 aromatic rings. The molecule has 1 aliphatic heterocycles. The maximum absolute atomic E-state index is 14.6. The second-order valence-electron chi connectivity index (χ2n) is 5.99. The van der Waals surface area contributed by atoms with Crippen molar-refractivity contribution in [1.82, 2.24) is 4.72 Å². The Morgan fingerprint density at radius 3 is 2.37 bits per heavy atom. The maximum Gasteiger partial charge on any atom is 0.326 e. The van der Waals surface area contributed by atoms with Gasteiger partial charge in [0.05, 0.1) is 24.8 Å². The first-order valence-corrected chi connectivity index (χ1v) is 11.0. The fourth-order valence-electron chi connectivity index (χ4n) is 2.73. The van der Waals surface area contributed by atoms with Crippen molar-refractivity contribution in [3.63, 3.8) is 0 Å². The number of carbonyl (C=O) groups is 1. The van der Waals surface area contributed by atoms with E-state index < -0.39 is 49.9 Å². The monoisotopic (exact) mass is 461 g/mol. The Labute approximate surface area is 171 Å². The minimum atomic E-state index is -4.37. The van der Waals surface area contributed by atoms with Crippen molar-refractivity contribution in [1.29, 1.82) is 0 Å². The smallest absolute Gasteiger partial charge is 0.326 e. The lowest BCUT2D eigenvalue weighted by Gasteiger charge is -2.18. The summed E-state index contributed by atoms with van der Waals surface area (Å²) in [5, 5.41) is 10.1. The Bertz CT molecular complexity index is 1210. The summed E-state index contributed by atoms with van der Waals surface area (Å²) in [6.07, 6.45) is 0. The van der Waals surface area contributed by atoms with Crippen LogP contribution in [0.3, 0.4) is 0 Å². The lowest BCUT2D eigenvalue weighted by molar-refractivity contribution is -0.117. The molecular weight excluding hydrogens is 445 g/mol. The number of nitrogens with zero attached hydrogens (tertiary/aromatic N) is 1. The largest absolute Gasteiger partial charge is 0.506 e. The zero-order chi connectivity index (χ0) is 22.3. The molecular formula is C16H16FN3O8S2. The fourth-order valence-corrected chi connectivity index (χ4v) is 4.96. The SMILES string of the molecule is COc1ccc(S(=O)(=O)Nc2cc(O)c(N3CC(=O)NS3(=O)=O)c(F)c2)cc1OC. The number of methoxy groups -OCH3 is 2. The summed E-state index contributed by atoms with van der Waals surface area (Å²) in [6, 6.07) is 5.25. The highest BCUT2D eigenvalue weighted by atomic mass is 32.2. The van der Waals surface area contributed by atoms with Crippen molar-refractivity contribution in [2.24, 2.45) is 0 Å². The van der Waals surface area contributed by atoms with E-state index in [0.717, 1.165) is 6.07 Å². The normalized spacial score (nSPS) is 15.6. The number of sulfonamides is 1. The Kier molecular flexibility index (Phi) is 5.38. The summed E-state index contributed by atoms with van der Waals surface area (Å²) in [6.45, 7) is -0.733. The van der Waals surface area contributed by atoms with Crippen LogP contribution in [0.15, 0.2) is 35.2 Å². The summed E-state index contributed by atoms with van der Waals surface area (Å²) in [5.41, 5.74) is -1.16. The standard InChI is InChI=1S/C16H16FN3O8S2/c1-27-13-4-3-10(7-14(13)28-2)29(23,24)18-9-5-11(17)16(12(21)6-9)20-8-15(22)19-30(20,25)26/h3-7,18,21H,8H2,1-2H3,(H,19,22). The van der Waals surface area contributed by atoms with Gasteiger partial charge in [-0.1, -0.05) is 0 Å². The van der Waals surface area contributed by atoms with Crippen molar-refractivity contribution >= 4 is 37.5 Å². The molecule has 3 N–H and O–H groups in total. The van der Waals surface area contributed by atoms with Crippen LogP contribution in [0.2, 0.25) is 0 Å². The number of nitrogens with one attached hydrogen (secondary N) is 2. The van der Waals surface area contributed by atoms with E-state index >= 15 is 0 Å². The quantitative estimate of drug-likeness (QED) is 0.564. The first-order valence-electron chi connectivity index (χ1n) is 8.09. The molecule has 14 heteroatoms. The number of phenolic OH excluding ortho intramolecular Hbond substituents is 1. The second kappa shape index (κ2) is 7.53. The van der Waals surface area contributed by atoms with E-state index in [4.69, 9.17) is 9.47 Å². The minimum absolute atomic E-state index is 0.140. The molecule has 0 aromatic heterocycles. The summed E-state index contributed by atoms with van der Waals surface area (Å²) >= 11 is 0. The highest BCUT2D eigenvalue weighted by Crippen LogP contribution is 2.37. The number of ether oxygens (including phenoxy) is 2. The Balaban J connectivity index is 1.95. The Morgan fingerprint density at radius 2 is 1.83 bits per heavy atom. The van der Waals surface area contributed by atoms with Gasteiger partial charge in [-0.25, -0.2) is 21.8 Å². The van der Waals surface area contributed by atoms with E-state index in [1.54, 1.807) is 4.72 Å². The molecule has 1 fully saturated rings. The first kappa shape index (κ1) is 21.4. The molecule has 11 nitrogen and oxygen atoms in total. The van der Waals surface area contributed by atoms with Crippen LogP contribution in [-0.4, -0.2) is 48.6 Å². The van der Waals surface area contributed by atoms with Crippen LogP contribution in [0.4, 0.5) is 15.8 Å². The summed E-state index contributed by atoms with van der Waals surface area (Å²) in [4.78, 5) is 11.1. The number of rotatable bonds is 6.